The highest BCUT2D eigenvalue weighted by molar-refractivity contribution is 6.48. The third-order valence-corrected chi connectivity index (χ3v) is 5.63. The van der Waals surface area contributed by atoms with Crippen LogP contribution in [0.3, 0.4) is 0 Å². The van der Waals surface area contributed by atoms with Crippen molar-refractivity contribution in [1.82, 2.24) is 0 Å². The Balaban J connectivity index is 3.50. The summed E-state index contributed by atoms with van der Waals surface area (Å²) in [5.41, 5.74) is 0. The molecule has 0 rings (SSSR count). The number of hydrogen-bond acceptors (Lipinski definition) is 1. The standard InChI is InChI=1S/C21H45OSi/c1-5-7-9-10-11-12-13-14-15-16-18-21(17-8-6-2)19-20-22-23(3)4/h21H,5-20H2,1-4H3. The molecular formula is C21H45OSi. The Morgan fingerprint density at radius 1 is 0.609 bits per heavy atom. The van der Waals surface area contributed by atoms with Gasteiger partial charge in [0.05, 0.1) is 0 Å². The smallest absolute Gasteiger partial charge is 0.204 e. The lowest BCUT2D eigenvalue weighted by atomic mass is 9.92. The molecule has 0 spiro atoms. The van der Waals surface area contributed by atoms with E-state index in [0.29, 0.717) is 0 Å². The Labute approximate surface area is 149 Å². The molecule has 0 aromatic rings. The van der Waals surface area contributed by atoms with Crippen LogP contribution in [0.15, 0.2) is 0 Å². The maximum absolute atomic E-state index is 5.85. The van der Waals surface area contributed by atoms with Gasteiger partial charge in [0.25, 0.3) is 0 Å². The van der Waals surface area contributed by atoms with Crippen LogP contribution in [0.25, 0.3) is 0 Å². The lowest BCUT2D eigenvalue weighted by Gasteiger charge is -2.17. The van der Waals surface area contributed by atoms with Gasteiger partial charge in [-0.2, -0.15) is 0 Å². The van der Waals surface area contributed by atoms with Crippen LogP contribution < -0.4 is 0 Å². The van der Waals surface area contributed by atoms with E-state index in [-0.39, 0.29) is 0 Å². The molecule has 0 fully saturated rings. The van der Waals surface area contributed by atoms with E-state index in [0.717, 1.165) is 12.5 Å². The number of hydrogen-bond donors (Lipinski definition) is 0. The van der Waals surface area contributed by atoms with Crippen LogP contribution in [0.4, 0.5) is 0 Å². The van der Waals surface area contributed by atoms with Crippen LogP contribution in [0, 0.1) is 5.92 Å². The molecule has 0 heterocycles. The van der Waals surface area contributed by atoms with Gasteiger partial charge in [-0.05, 0) is 25.4 Å². The molecule has 0 aromatic carbocycles. The molecule has 0 aliphatic heterocycles. The molecule has 0 amide bonds. The van der Waals surface area contributed by atoms with Gasteiger partial charge in [-0.1, -0.05) is 104 Å². The van der Waals surface area contributed by atoms with E-state index in [1.54, 1.807) is 0 Å². The van der Waals surface area contributed by atoms with Crippen molar-refractivity contribution in [3.63, 3.8) is 0 Å². The highest BCUT2D eigenvalue weighted by Gasteiger charge is 2.09. The van der Waals surface area contributed by atoms with Crippen molar-refractivity contribution in [1.29, 1.82) is 0 Å². The maximum Gasteiger partial charge on any atom is 0.204 e. The van der Waals surface area contributed by atoms with E-state index in [1.165, 1.54) is 96.3 Å². The Hall–Kier alpha value is 0.177. The molecule has 0 aromatic heterocycles. The first kappa shape index (κ1) is 23.2. The van der Waals surface area contributed by atoms with E-state index in [9.17, 15) is 0 Å². The van der Waals surface area contributed by atoms with E-state index < -0.39 is 9.04 Å². The van der Waals surface area contributed by atoms with Crippen molar-refractivity contribution in [2.24, 2.45) is 5.92 Å². The van der Waals surface area contributed by atoms with E-state index in [1.807, 2.05) is 0 Å². The Kier molecular flexibility index (Phi) is 18.7. The van der Waals surface area contributed by atoms with Crippen molar-refractivity contribution < 1.29 is 4.43 Å². The average Bonchev–Trinajstić information content (AvgIpc) is 2.53. The Morgan fingerprint density at radius 3 is 1.61 bits per heavy atom. The number of rotatable bonds is 18. The first-order chi connectivity index (χ1) is 11.2. The summed E-state index contributed by atoms with van der Waals surface area (Å²) in [4.78, 5) is 0. The summed E-state index contributed by atoms with van der Waals surface area (Å²) in [6, 6.07) is 0. The fourth-order valence-electron chi connectivity index (χ4n) is 3.28. The molecule has 23 heavy (non-hydrogen) atoms. The molecule has 0 saturated carbocycles. The summed E-state index contributed by atoms with van der Waals surface area (Å²) in [6.45, 7) is 10.1. The normalized spacial score (nSPS) is 12.9. The van der Waals surface area contributed by atoms with Crippen LogP contribution in [0.5, 0.6) is 0 Å². The Morgan fingerprint density at radius 2 is 1.09 bits per heavy atom. The topological polar surface area (TPSA) is 9.23 Å². The predicted molar refractivity (Wildman–Crippen MR) is 108 cm³/mol. The van der Waals surface area contributed by atoms with Gasteiger partial charge >= 0.3 is 0 Å². The monoisotopic (exact) mass is 341 g/mol. The zero-order valence-corrected chi connectivity index (χ0v) is 17.8. The van der Waals surface area contributed by atoms with E-state index >= 15 is 0 Å². The van der Waals surface area contributed by atoms with Crippen molar-refractivity contribution in [3.8, 4) is 0 Å². The molecule has 0 saturated heterocycles. The minimum Gasteiger partial charge on any atom is -0.417 e. The average molecular weight is 342 g/mol. The summed E-state index contributed by atoms with van der Waals surface area (Å²) in [5, 5.41) is 0. The first-order valence-corrected chi connectivity index (χ1v) is 13.0. The Bertz CT molecular complexity index is 218. The van der Waals surface area contributed by atoms with E-state index in [2.05, 4.69) is 26.9 Å². The molecular weight excluding hydrogens is 296 g/mol. The van der Waals surface area contributed by atoms with Crippen LogP contribution >= 0.6 is 0 Å². The fraction of sp³-hybridized carbons (Fsp3) is 1.00. The number of unbranched alkanes of at least 4 members (excludes halogenated alkanes) is 10. The summed E-state index contributed by atoms with van der Waals surface area (Å²) in [5.74, 6) is 0.922. The second kappa shape index (κ2) is 18.5. The maximum atomic E-state index is 5.85. The van der Waals surface area contributed by atoms with Crippen molar-refractivity contribution in [2.75, 3.05) is 6.61 Å². The van der Waals surface area contributed by atoms with Gasteiger partial charge < -0.3 is 4.43 Å². The quantitative estimate of drug-likeness (QED) is 0.183. The zero-order chi connectivity index (χ0) is 17.2. The molecule has 1 nitrogen and oxygen atoms in total. The van der Waals surface area contributed by atoms with Gasteiger partial charge in [-0.25, -0.2) is 0 Å². The largest absolute Gasteiger partial charge is 0.417 e. The van der Waals surface area contributed by atoms with Crippen LogP contribution in [-0.4, -0.2) is 15.6 Å². The SMILES string of the molecule is CCCCCCCCCCCCC(CCCC)CCO[Si](C)C. The minimum atomic E-state index is -0.494. The fourth-order valence-corrected chi connectivity index (χ4v) is 3.80. The molecule has 2 heteroatoms. The van der Waals surface area contributed by atoms with Crippen LogP contribution in [-0.2, 0) is 4.43 Å². The van der Waals surface area contributed by atoms with Gasteiger partial charge in [0.15, 0.2) is 0 Å². The van der Waals surface area contributed by atoms with Gasteiger partial charge in [0, 0.05) is 6.61 Å². The molecule has 0 bridgehead atoms. The van der Waals surface area contributed by atoms with Crippen molar-refractivity contribution >= 4 is 9.04 Å². The van der Waals surface area contributed by atoms with Crippen molar-refractivity contribution in [3.05, 3.63) is 0 Å². The summed E-state index contributed by atoms with van der Waals surface area (Å²) in [6.07, 6.45) is 21.4. The van der Waals surface area contributed by atoms with Crippen LogP contribution in [0.1, 0.15) is 110 Å². The molecule has 1 atom stereocenters. The molecule has 0 aliphatic carbocycles. The highest BCUT2D eigenvalue weighted by Crippen LogP contribution is 2.21. The lowest BCUT2D eigenvalue weighted by Crippen LogP contribution is -2.12. The first-order valence-electron chi connectivity index (χ1n) is 10.6. The van der Waals surface area contributed by atoms with Crippen molar-refractivity contribution in [2.45, 2.75) is 123 Å². The summed E-state index contributed by atoms with van der Waals surface area (Å²) < 4.78 is 5.85. The third-order valence-electron chi connectivity index (χ3n) is 4.85. The highest BCUT2D eigenvalue weighted by atomic mass is 28.3. The van der Waals surface area contributed by atoms with Crippen LogP contribution in [0.2, 0.25) is 13.1 Å². The second-order valence-corrected chi connectivity index (χ2v) is 9.63. The van der Waals surface area contributed by atoms with E-state index in [4.69, 9.17) is 4.43 Å². The molecule has 1 radical (unpaired) electrons. The predicted octanol–water partition coefficient (Wildman–Crippen LogP) is 7.76. The van der Waals surface area contributed by atoms with Gasteiger partial charge in [-0.3, -0.25) is 0 Å². The molecule has 1 unspecified atom stereocenters. The molecule has 139 valence electrons. The second-order valence-electron chi connectivity index (χ2n) is 7.52. The minimum absolute atomic E-state index is 0.494. The summed E-state index contributed by atoms with van der Waals surface area (Å²) in [7, 11) is -0.494. The third kappa shape index (κ3) is 18.4. The van der Waals surface area contributed by atoms with Gasteiger partial charge in [0.1, 0.15) is 0 Å². The van der Waals surface area contributed by atoms with Gasteiger partial charge in [0.2, 0.25) is 9.04 Å². The molecule has 0 N–H and O–H groups in total. The summed E-state index contributed by atoms with van der Waals surface area (Å²) >= 11 is 0. The van der Waals surface area contributed by atoms with Gasteiger partial charge in [-0.15, -0.1) is 0 Å². The molecule has 0 aliphatic rings. The zero-order valence-electron chi connectivity index (χ0n) is 16.8. The lowest BCUT2D eigenvalue weighted by molar-refractivity contribution is 0.264.